The van der Waals surface area contributed by atoms with E-state index in [0.29, 0.717) is 16.5 Å². The molecule has 0 spiro atoms. The largest absolute Gasteiger partial charge is 0.293 e. The first-order valence-electron chi connectivity index (χ1n) is 4.52. The van der Waals surface area contributed by atoms with Gasteiger partial charge in [-0.25, -0.2) is 4.98 Å². The summed E-state index contributed by atoms with van der Waals surface area (Å²) in [4.78, 5) is 15.7. The number of H-pyrrole nitrogens is 1. The molecule has 1 N–H and O–H groups in total. The second-order valence-corrected chi connectivity index (χ2v) is 4.89. The number of aromatic nitrogens is 3. The van der Waals surface area contributed by atoms with Crippen LogP contribution in [-0.4, -0.2) is 26.7 Å². The summed E-state index contributed by atoms with van der Waals surface area (Å²) in [5.74, 6) is 0.425. The summed E-state index contributed by atoms with van der Waals surface area (Å²) in [6.07, 6.45) is 1.42. The van der Waals surface area contributed by atoms with Crippen LogP contribution >= 0.6 is 27.7 Å². The van der Waals surface area contributed by atoms with Crippen molar-refractivity contribution >= 4 is 33.5 Å². The van der Waals surface area contributed by atoms with E-state index in [1.54, 1.807) is 6.07 Å². The van der Waals surface area contributed by atoms with Crippen LogP contribution in [-0.2, 0) is 0 Å². The van der Waals surface area contributed by atoms with E-state index in [2.05, 4.69) is 31.1 Å². The molecular formula is C10H8BrN3OS. The van der Waals surface area contributed by atoms with Crippen molar-refractivity contribution in [2.24, 2.45) is 0 Å². The molecule has 0 atom stereocenters. The molecule has 0 saturated heterocycles. The van der Waals surface area contributed by atoms with E-state index in [4.69, 9.17) is 0 Å². The van der Waals surface area contributed by atoms with E-state index < -0.39 is 0 Å². The topological polar surface area (TPSA) is 58.6 Å². The Balaban J connectivity index is 1.98. The maximum absolute atomic E-state index is 11.8. The van der Waals surface area contributed by atoms with E-state index >= 15 is 0 Å². The van der Waals surface area contributed by atoms with Crippen molar-refractivity contribution in [1.29, 1.82) is 0 Å². The van der Waals surface area contributed by atoms with Crippen LogP contribution in [0.25, 0.3) is 0 Å². The molecule has 0 bridgehead atoms. The van der Waals surface area contributed by atoms with Gasteiger partial charge in [0, 0.05) is 10.0 Å². The van der Waals surface area contributed by atoms with Crippen molar-refractivity contribution in [1.82, 2.24) is 15.2 Å². The summed E-state index contributed by atoms with van der Waals surface area (Å²) >= 11 is 4.67. The Bertz CT molecular complexity index is 487. The summed E-state index contributed by atoms with van der Waals surface area (Å²) in [5, 5.41) is 7.06. The van der Waals surface area contributed by atoms with Gasteiger partial charge in [-0.2, -0.15) is 5.10 Å². The maximum atomic E-state index is 11.8. The molecule has 2 rings (SSSR count). The summed E-state index contributed by atoms with van der Waals surface area (Å²) in [6.45, 7) is 0. The Hall–Kier alpha value is -1.14. The lowest BCUT2D eigenvalue weighted by molar-refractivity contribution is 0.102. The number of benzene rings is 1. The SMILES string of the molecule is O=C(CSc1ncn[nH]1)c1cccc(Br)c1. The molecule has 82 valence electrons. The predicted molar refractivity (Wildman–Crippen MR) is 65.6 cm³/mol. The molecule has 1 heterocycles. The summed E-state index contributed by atoms with van der Waals surface area (Å²) in [7, 11) is 0. The number of carbonyl (C=O) groups excluding carboxylic acids is 1. The summed E-state index contributed by atoms with van der Waals surface area (Å²) in [6, 6.07) is 7.34. The molecule has 0 aliphatic rings. The molecule has 16 heavy (non-hydrogen) atoms. The summed E-state index contributed by atoms with van der Waals surface area (Å²) in [5.41, 5.74) is 0.696. The van der Waals surface area contributed by atoms with Crippen molar-refractivity contribution < 1.29 is 4.79 Å². The molecule has 6 heteroatoms. The van der Waals surface area contributed by atoms with Crippen LogP contribution in [0.1, 0.15) is 10.4 Å². The smallest absolute Gasteiger partial charge is 0.183 e. The Kier molecular flexibility index (Phi) is 3.74. The Morgan fingerprint density at radius 3 is 3.06 bits per heavy atom. The first kappa shape index (κ1) is 11.3. The number of nitrogens with zero attached hydrogens (tertiary/aromatic N) is 2. The van der Waals surface area contributed by atoms with E-state index in [9.17, 15) is 4.79 Å². The van der Waals surface area contributed by atoms with Crippen LogP contribution in [0, 0.1) is 0 Å². The number of rotatable bonds is 4. The minimum Gasteiger partial charge on any atom is -0.293 e. The molecule has 1 aromatic heterocycles. The van der Waals surface area contributed by atoms with Crippen LogP contribution in [0.5, 0.6) is 0 Å². The second-order valence-electron chi connectivity index (χ2n) is 3.01. The molecule has 0 saturated carbocycles. The number of Topliss-reactive ketones (excluding diaryl/α,β-unsaturated/α-hetero) is 1. The Morgan fingerprint density at radius 2 is 2.38 bits per heavy atom. The van der Waals surface area contributed by atoms with E-state index in [1.807, 2.05) is 18.2 Å². The fourth-order valence-electron chi connectivity index (χ4n) is 1.14. The van der Waals surface area contributed by atoms with Gasteiger partial charge in [0.15, 0.2) is 10.9 Å². The highest BCUT2D eigenvalue weighted by atomic mass is 79.9. The molecule has 2 aromatic rings. The number of nitrogens with one attached hydrogen (secondary N) is 1. The number of ketones is 1. The minimum absolute atomic E-state index is 0.0719. The van der Waals surface area contributed by atoms with Crippen LogP contribution in [0.15, 0.2) is 40.2 Å². The first-order chi connectivity index (χ1) is 7.75. The third kappa shape index (κ3) is 2.93. The Labute approximate surface area is 105 Å². The molecule has 0 amide bonds. The maximum Gasteiger partial charge on any atom is 0.183 e. The zero-order valence-electron chi connectivity index (χ0n) is 8.18. The van der Waals surface area contributed by atoms with Gasteiger partial charge in [0.1, 0.15) is 6.33 Å². The van der Waals surface area contributed by atoms with Crippen molar-refractivity contribution in [3.63, 3.8) is 0 Å². The van der Waals surface area contributed by atoms with Crippen LogP contribution in [0.2, 0.25) is 0 Å². The molecular weight excluding hydrogens is 290 g/mol. The quantitative estimate of drug-likeness (QED) is 0.696. The number of carbonyl (C=O) groups is 1. The van der Waals surface area contributed by atoms with Crippen LogP contribution in [0.3, 0.4) is 0 Å². The number of aromatic amines is 1. The van der Waals surface area contributed by atoms with Gasteiger partial charge in [0.05, 0.1) is 5.75 Å². The van der Waals surface area contributed by atoms with Gasteiger partial charge in [0.2, 0.25) is 0 Å². The van der Waals surface area contributed by atoms with E-state index in [-0.39, 0.29) is 5.78 Å². The lowest BCUT2D eigenvalue weighted by atomic mass is 10.2. The number of thioether (sulfide) groups is 1. The molecule has 4 nitrogen and oxygen atoms in total. The number of hydrogen-bond donors (Lipinski definition) is 1. The normalized spacial score (nSPS) is 10.3. The minimum atomic E-state index is 0.0719. The highest BCUT2D eigenvalue weighted by molar-refractivity contribution is 9.10. The van der Waals surface area contributed by atoms with Gasteiger partial charge < -0.3 is 0 Å². The monoisotopic (exact) mass is 297 g/mol. The van der Waals surface area contributed by atoms with Gasteiger partial charge in [-0.15, -0.1) is 0 Å². The molecule has 0 fully saturated rings. The van der Waals surface area contributed by atoms with Crippen molar-refractivity contribution in [2.75, 3.05) is 5.75 Å². The Morgan fingerprint density at radius 1 is 1.50 bits per heavy atom. The molecule has 0 aliphatic heterocycles. The lowest BCUT2D eigenvalue weighted by Gasteiger charge is -1.99. The third-order valence-corrected chi connectivity index (χ3v) is 3.25. The molecule has 0 aliphatic carbocycles. The number of hydrogen-bond acceptors (Lipinski definition) is 4. The molecule has 0 unspecified atom stereocenters. The highest BCUT2D eigenvalue weighted by Crippen LogP contribution is 2.16. The molecule has 1 aromatic carbocycles. The third-order valence-electron chi connectivity index (χ3n) is 1.88. The van der Waals surface area contributed by atoms with Crippen LogP contribution in [0.4, 0.5) is 0 Å². The fraction of sp³-hybridized carbons (Fsp3) is 0.100. The van der Waals surface area contributed by atoms with Gasteiger partial charge in [0.25, 0.3) is 0 Å². The average Bonchev–Trinajstić information content (AvgIpc) is 2.78. The highest BCUT2D eigenvalue weighted by Gasteiger charge is 2.07. The van der Waals surface area contributed by atoms with Crippen molar-refractivity contribution in [2.45, 2.75) is 5.16 Å². The first-order valence-corrected chi connectivity index (χ1v) is 6.30. The number of halogens is 1. The summed E-state index contributed by atoms with van der Waals surface area (Å²) < 4.78 is 0.906. The zero-order valence-corrected chi connectivity index (χ0v) is 10.6. The van der Waals surface area contributed by atoms with Crippen molar-refractivity contribution in [3.05, 3.63) is 40.6 Å². The van der Waals surface area contributed by atoms with E-state index in [0.717, 1.165) is 4.47 Å². The second kappa shape index (κ2) is 5.27. The predicted octanol–water partition coefficient (Wildman–Crippen LogP) is 2.54. The van der Waals surface area contributed by atoms with Crippen LogP contribution < -0.4 is 0 Å². The molecule has 0 radical (unpaired) electrons. The average molecular weight is 298 g/mol. The van der Waals surface area contributed by atoms with Gasteiger partial charge in [-0.1, -0.05) is 39.8 Å². The van der Waals surface area contributed by atoms with Gasteiger partial charge >= 0.3 is 0 Å². The van der Waals surface area contributed by atoms with Gasteiger partial charge in [-0.05, 0) is 12.1 Å². The standard InChI is InChI=1S/C10H8BrN3OS/c11-8-3-1-2-7(4-8)9(15)5-16-10-12-6-13-14-10/h1-4,6H,5H2,(H,12,13,14). The lowest BCUT2D eigenvalue weighted by Crippen LogP contribution is -2.02. The van der Waals surface area contributed by atoms with Gasteiger partial charge in [-0.3, -0.25) is 9.89 Å². The zero-order chi connectivity index (χ0) is 11.4. The fourth-order valence-corrected chi connectivity index (χ4v) is 2.22. The van der Waals surface area contributed by atoms with Crippen molar-refractivity contribution in [3.8, 4) is 0 Å². The van der Waals surface area contributed by atoms with E-state index in [1.165, 1.54) is 18.1 Å².